The fraction of sp³-hybridized carbons (Fsp3) is 0.364. The van der Waals surface area contributed by atoms with Crippen molar-refractivity contribution in [2.24, 2.45) is 0 Å². The van der Waals surface area contributed by atoms with Gasteiger partial charge in [0, 0.05) is 13.1 Å². The van der Waals surface area contributed by atoms with Crippen LogP contribution in [0.3, 0.4) is 0 Å². The normalized spacial score (nSPS) is 11.6. The van der Waals surface area contributed by atoms with Crippen LogP contribution in [0.15, 0.2) is 42.5 Å². The van der Waals surface area contributed by atoms with Crippen LogP contribution in [-0.2, 0) is 16.1 Å². The van der Waals surface area contributed by atoms with Crippen LogP contribution in [0, 0.1) is 6.92 Å². The van der Waals surface area contributed by atoms with Gasteiger partial charge in [0.25, 0.3) is 5.91 Å². The van der Waals surface area contributed by atoms with Crippen LogP contribution in [-0.4, -0.2) is 35.9 Å². The third-order valence-electron chi connectivity index (χ3n) is 4.43. The average molecular weight is 437 g/mol. The highest BCUT2D eigenvalue weighted by Gasteiger charge is 2.28. The van der Waals surface area contributed by atoms with Crippen molar-refractivity contribution >= 4 is 35.0 Å². The Morgan fingerprint density at radius 3 is 2.48 bits per heavy atom. The van der Waals surface area contributed by atoms with Crippen molar-refractivity contribution in [1.82, 2.24) is 10.2 Å². The van der Waals surface area contributed by atoms with E-state index in [0.29, 0.717) is 28.8 Å². The minimum Gasteiger partial charge on any atom is -0.484 e. The monoisotopic (exact) mass is 436 g/mol. The summed E-state index contributed by atoms with van der Waals surface area (Å²) in [6.45, 7) is 6.22. The van der Waals surface area contributed by atoms with Crippen LogP contribution in [0.25, 0.3) is 0 Å². The molecule has 0 aliphatic carbocycles. The number of nitrogens with one attached hydrogen (secondary N) is 1. The van der Waals surface area contributed by atoms with Gasteiger partial charge in [-0.15, -0.1) is 0 Å². The molecule has 29 heavy (non-hydrogen) atoms. The third-order valence-corrected chi connectivity index (χ3v) is 5.16. The van der Waals surface area contributed by atoms with Crippen molar-refractivity contribution in [2.45, 2.75) is 39.8 Å². The summed E-state index contributed by atoms with van der Waals surface area (Å²) in [6, 6.07) is 12.0. The first kappa shape index (κ1) is 23.0. The molecule has 2 rings (SSSR count). The van der Waals surface area contributed by atoms with E-state index >= 15 is 0 Å². The van der Waals surface area contributed by atoms with E-state index in [-0.39, 0.29) is 25.0 Å². The zero-order chi connectivity index (χ0) is 21.4. The fourth-order valence-corrected chi connectivity index (χ4v) is 3.30. The highest BCUT2D eigenvalue weighted by Crippen LogP contribution is 2.24. The second-order valence-corrected chi connectivity index (χ2v) is 7.51. The van der Waals surface area contributed by atoms with Gasteiger partial charge in [0.2, 0.25) is 5.91 Å². The molecule has 0 aromatic heterocycles. The Kier molecular flexibility index (Phi) is 8.80. The number of rotatable bonds is 9. The van der Waals surface area contributed by atoms with Gasteiger partial charge in [0.15, 0.2) is 6.61 Å². The zero-order valence-corrected chi connectivity index (χ0v) is 18.4. The molecule has 0 aliphatic rings. The van der Waals surface area contributed by atoms with Gasteiger partial charge in [-0.3, -0.25) is 9.59 Å². The SMILES string of the molecule is CCNC(=O)C(CC)N(Cc1ccc(Cl)c(Cl)c1)C(=O)COc1cccc(C)c1. The Morgan fingerprint density at radius 1 is 1.10 bits per heavy atom. The molecular weight excluding hydrogens is 411 g/mol. The van der Waals surface area contributed by atoms with E-state index < -0.39 is 6.04 Å². The van der Waals surface area contributed by atoms with Gasteiger partial charge >= 0.3 is 0 Å². The number of hydrogen-bond acceptors (Lipinski definition) is 3. The molecule has 2 aromatic rings. The van der Waals surface area contributed by atoms with Crippen molar-refractivity contribution in [3.63, 3.8) is 0 Å². The zero-order valence-electron chi connectivity index (χ0n) is 16.9. The highest BCUT2D eigenvalue weighted by molar-refractivity contribution is 6.42. The summed E-state index contributed by atoms with van der Waals surface area (Å²) in [5.74, 6) is 0.133. The van der Waals surface area contributed by atoms with Gasteiger partial charge in [-0.05, 0) is 55.7 Å². The lowest BCUT2D eigenvalue weighted by Gasteiger charge is -2.30. The van der Waals surface area contributed by atoms with Crippen molar-refractivity contribution < 1.29 is 14.3 Å². The summed E-state index contributed by atoms with van der Waals surface area (Å²) >= 11 is 12.1. The summed E-state index contributed by atoms with van der Waals surface area (Å²) in [5.41, 5.74) is 1.82. The van der Waals surface area contributed by atoms with Gasteiger partial charge < -0.3 is 15.0 Å². The van der Waals surface area contributed by atoms with E-state index in [1.54, 1.807) is 24.3 Å². The number of carbonyl (C=O) groups excluding carboxylic acids is 2. The molecule has 0 saturated carbocycles. The molecule has 2 aromatic carbocycles. The Morgan fingerprint density at radius 2 is 1.86 bits per heavy atom. The summed E-state index contributed by atoms with van der Waals surface area (Å²) in [7, 11) is 0. The van der Waals surface area contributed by atoms with Gasteiger partial charge in [0.1, 0.15) is 11.8 Å². The molecule has 5 nitrogen and oxygen atoms in total. The average Bonchev–Trinajstić information content (AvgIpc) is 2.69. The number of halogens is 2. The van der Waals surface area contributed by atoms with Crippen LogP contribution in [0.5, 0.6) is 5.75 Å². The molecule has 156 valence electrons. The molecule has 0 heterocycles. The second kappa shape index (κ2) is 11.1. The van der Waals surface area contributed by atoms with Crippen LogP contribution in [0.2, 0.25) is 10.0 Å². The molecular formula is C22H26Cl2N2O3. The number of aryl methyl sites for hydroxylation is 1. The maximum absolute atomic E-state index is 13.0. The minimum atomic E-state index is -0.613. The summed E-state index contributed by atoms with van der Waals surface area (Å²) < 4.78 is 5.67. The standard InChI is InChI=1S/C22H26Cl2N2O3/c1-4-20(22(28)25-5-2)26(13-16-9-10-18(23)19(24)12-16)21(27)14-29-17-8-6-7-15(3)11-17/h6-12,20H,4-5,13-14H2,1-3H3,(H,25,28). The molecule has 0 spiro atoms. The number of benzene rings is 2. The first-order valence-electron chi connectivity index (χ1n) is 9.56. The molecule has 0 bridgehead atoms. The predicted octanol–water partition coefficient (Wildman–Crippen LogP) is 4.62. The van der Waals surface area contributed by atoms with Gasteiger partial charge in [0.05, 0.1) is 10.0 Å². The number of carbonyl (C=O) groups is 2. The fourth-order valence-electron chi connectivity index (χ4n) is 2.98. The van der Waals surface area contributed by atoms with Crippen molar-refractivity contribution in [3.8, 4) is 5.75 Å². The molecule has 2 amide bonds. The number of nitrogens with zero attached hydrogens (tertiary/aromatic N) is 1. The van der Waals surface area contributed by atoms with Crippen LogP contribution in [0.1, 0.15) is 31.4 Å². The number of hydrogen-bond donors (Lipinski definition) is 1. The Labute approximate surface area is 181 Å². The van der Waals surface area contributed by atoms with E-state index in [1.165, 1.54) is 4.90 Å². The lowest BCUT2D eigenvalue weighted by Crippen LogP contribution is -2.50. The summed E-state index contributed by atoms with van der Waals surface area (Å²) in [4.78, 5) is 27.1. The molecule has 0 fully saturated rings. The second-order valence-electron chi connectivity index (χ2n) is 6.69. The van der Waals surface area contributed by atoms with Gasteiger partial charge in [-0.1, -0.05) is 48.3 Å². The van der Waals surface area contributed by atoms with Crippen molar-refractivity contribution in [2.75, 3.05) is 13.2 Å². The van der Waals surface area contributed by atoms with E-state index in [1.807, 2.05) is 39.0 Å². The molecule has 0 radical (unpaired) electrons. The third kappa shape index (κ3) is 6.65. The van der Waals surface area contributed by atoms with E-state index in [2.05, 4.69) is 5.32 Å². The first-order valence-corrected chi connectivity index (χ1v) is 10.3. The topological polar surface area (TPSA) is 58.6 Å². The van der Waals surface area contributed by atoms with Crippen LogP contribution in [0.4, 0.5) is 0 Å². The van der Waals surface area contributed by atoms with Crippen molar-refractivity contribution in [3.05, 3.63) is 63.6 Å². The molecule has 0 saturated heterocycles. The maximum Gasteiger partial charge on any atom is 0.261 e. The predicted molar refractivity (Wildman–Crippen MR) is 116 cm³/mol. The molecule has 1 N–H and O–H groups in total. The Hall–Kier alpha value is -2.24. The first-order chi connectivity index (χ1) is 13.8. The molecule has 1 unspecified atom stereocenters. The van der Waals surface area contributed by atoms with Crippen molar-refractivity contribution in [1.29, 1.82) is 0 Å². The Balaban J connectivity index is 2.22. The Bertz CT molecular complexity index is 858. The van der Waals surface area contributed by atoms with Crippen LogP contribution >= 0.6 is 23.2 Å². The quantitative estimate of drug-likeness (QED) is 0.623. The largest absolute Gasteiger partial charge is 0.484 e. The molecule has 7 heteroatoms. The highest BCUT2D eigenvalue weighted by atomic mass is 35.5. The van der Waals surface area contributed by atoms with Crippen LogP contribution < -0.4 is 10.1 Å². The molecule has 0 aliphatic heterocycles. The van der Waals surface area contributed by atoms with Gasteiger partial charge in [-0.2, -0.15) is 0 Å². The number of amides is 2. The van der Waals surface area contributed by atoms with E-state index in [9.17, 15) is 9.59 Å². The lowest BCUT2D eigenvalue weighted by atomic mass is 10.1. The minimum absolute atomic E-state index is 0.166. The maximum atomic E-state index is 13.0. The lowest BCUT2D eigenvalue weighted by molar-refractivity contribution is -0.142. The van der Waals surface area contributed by atoms with E-state index in [0.717, 1.165) is 11.1 Å². The van der Waals surface area contributed by atoms with E-state index in [4.69, 9.17) is 27.9 Å². The molecule has 1 atom stereocenters. The van der Waals surface area contributed by atoms with Gasteiger partial charge in [-0.25, -0.2) is 0 Å². The number of likely N-dealkylation sites (N-methyl/N-ethyl adjacent to an activating group) is 1. The summed E-state index contributed by atoms with van der Waals surface area (Å²) in [6.07, 6.45) is 0.476. The number of ether oxygens (including phenoxy) is 1. The summed E-state index contributed by atoms with van der Waals surface area (Å²) in [5, 5.41) is 3.64. The smallest absolute Gasteiger partial charge is 0.261 e.